The van der Waals surface area contributed by atoms with E-state index >= 15 is 0 Å². The molecule has 16 heavy (non-hydrogen) atoms. The van der Waals surface area contributed by atoms with E-state index in [0.717, 1.165) is 0 Å². The zero-order chi connectivity index (χ0) is 12.3. The van der Waals surface area contributed by atoms with E-state index in [2.05, 4.69) is 9.82 Å². The lowest BCUT2D eigenvalue weighted by Crippen LogP contribution is -2.34. The molecule has 8 nitrogen and oxygen atoms in total. The van der Waals surface area contributed by atoms with E-state index in [0.29, 0.717) is 0 Å². The number of aromatic nitrogens is 2. The number of nitrogens with one attached hydrogen (secondary N) is 1. The van der Waals surface area contributed by atoms with Gasteiger partial charge in [-0.2, -0.15) is 5.10 Å². The maximum Gasteiger partial charge on any atom is 0.245 e. The summed E-state index contributed by atoms with van der Waals surface area (Å²) in [4.78, 5) is -0.153. The third-order valence-electron chi connectivity index (χ3n) is 1.83. The van der Waals surface area contributed by atoms with Crippen LogP contribution in [0.15, 0.2) is 11.1 Å². The Labute approximate surface area is 92.7 Å². The molecule has 0 radical (unpaired) electrons. The molecule has 0 aliphatic rings. The second kappa shape index (κ2) is 4.78. The Hall–Kier alpha value is -1.16. The molecule has 9 heteroatoms. The van der Waals surface area contributed by atoms with E-state index in [-0.39, 0.29) is 17.3 Å². The van der Waals surface area contributed by atoms with Crippen LogP contribution in [0.3, 0.4) is 0 Å². The molecular weight excluding hydrogens is 236 g/mol. The van der Waals surface area contributed by atoms with Crippen LogP contribution in [0, 0.1) is 0 Å². The van der Waals surface area contributed by atoms with Gasteiger partial charge in [0, 0.05) is 19.8 Å². The Bertz CT molecular complexity index is 455. The summed E-state index contributed by atoms with van der Waals surface area (Å²) in [7, 11) is -2.27. The molecule has 0 amide bonds. The van der Waals surface area contributed by atoms with Crippen molar-refractivity contribution in [3.63, 3.8) is 0 Å². The summed E-state index contributed by atoms with van der Waals surface area (Å²) in [5, 5.41) is 21.2. The van der Waals surface area contributed by atoms with Crippen molar-refractivity contribution in [2.75, 3.05) is 18.9 Å². The number of nitrogen functional groups attached to an aromatic ring is 1. The molecule has 92 valence electrons. The summed E-state index contributed by atoms with van der Waals surface area (Å²) in [5.74, 6) is -0.117. The number of nitrogens with zero attached hydrogens (tertiary/aromatic N) is 2. The number of nitrogens with two attached hydrogens (primary N) is 1. The van der Waals surface area contributed by atoms with Crippen LogP contribution in [0.1, 0.15) is 0 Å². The highest BCUT2D eigenvalue weighted by Crippen LogP contribution is 2.14. The normalized spacial score (nSPS) is 13.9. The van der Waals surface area contributed by atoms with Crippen molar-refractivity contribution >= 4 is 15.8 Å². The van der Waals surface area contributed by atoms with E-state index in [1.54, 1.807) is 0 Å². The molecule has 0 bridgehead atoms. The summed E-state index contributed by atoms with van der Waals surface area (Å²) < 4.78 is 26.7. The van der Waals surface area contributed by atoms with Gasteiger partial charge in [-0.15, -0.1) is 0 Å². The minimum Gasteiger partial charge on any atom is -0.394 e. The minimum absolute atomic E-state index is 0.117. The van der Waals surface area contributed by atoms with Gasteiger partial charge in [0.15, 0.2) is 5.82 Å². The largest absolute Gasteiger partial charge is 0.394 e. The van der Waals surface area contributed by atoms with Crippen molar-refractivity contribution in [1.29, 1.82) is 0 Å². The molecule has 5 N–H and O–H groups in total. The SMILES string of the molecule is Cn1cc(S(=O)(=O)NCC(O)CO)c(N)n1. The number of hydrogen-bond acceptors (Lipinski definition) is 6. The molecule has 1 heterocycles. The molecule has 0 aliphatic carbocycles. The van der Waals surface area contributed by atoms with Crippen LogP contribution < -0.4 is 10.5 Å². The Morgan fingerprint density at radius 3 is 2.75 bits per heavy atom. The Morgan fingerprint density at radius 1 is 1.69 bits per heavy atom. The van der Waals surface area contributed by atoms with Crippen molar-refractivity contribution in [2.45, 2.75) is 11.0 Å². The zero-order valence-corrected chi connectivity index (χ0v) is 9.48. The van der Waals surface area contributed by atoms with Gasteiger partial charge in [0.25, 0.3) is 0 Å². The highest BCUT2D eigenvalue weighted by molar-refractivity contribution is 7.89. The van der Waals surface area contributed by atoms with Gasteiger partial charge in [0.05, 0.1) is 12.7 Å². The summed E-state index contributed by atoms with van der Waals surface area (Å²) in [6.07, 6.45) is 0.107. The molecule has 0 aromatic carbocycles. The smallest absolute Gasteiger partial charge is 0.245 e. The van der Waals surface area contributed by atoms with E-state index < -0.39 is 22.7 Å². The standard InChI is InChI=1S/C7H14N4O4S/c1-11-3-6(7(8)10-11)16(14,15)9-2-5(13)4-12/h3,5,9,12-13H,2,4H2,1H3,(H2,8,10). The highest BCUT2D eigenvalue weighted by Gasteiger charge is 2.21. The van der Waals surface area contributed by atoms with E-state index in [1.165, 1.54) is 17.9 Å². The molecule has 0 aliphatic heterocycles. The lowest BCUT2D eigenvalue weighted by atomic mass is 10.4. The fourth-order valence-corrected chi connectivity index (χ4v) is 2.21. The van der Waals surface area contributed by atoms with Crippen molar-refractivity contribution in [2.24, 2.45) is 7.05 Å². The molecule has 1 atom stereocenters. The van der Waals surface area contributed by atoms with Crippen LogP contribution in [-0.4, -0.2) is 47.7 Å². The van der Waals surface area contributed by atoms with Gasteiger partial charge >= 0.3 is 0 Å². The fourth-order valence-electron chi connectivity index (χ4n) is 1.04. The van der Waals surface area contributed by atoms with Gasteiger partial charge in [0.1, 0.15) is 4.90 Å². The van der Waals surface area contributed by atoms with Crippen LogP contribution in [-0.2, 0) is 17.1 Å². The molecule has 1 aromatic heterocycles. The minimum atomic E-state index is -3.80. The van der Waals surface area contributed by atoms with E-state index in [9.17, 15) is 8.42 Å². The number of sulfonamides is 1. The van der Waals surface area contributed by atoms with Crippen LogP contribution in [0.4, 0.5) is 5.82 Å². The van der Waals surface area contributed by atoms with Gasteiger partial charge in [0.2, 0.25) is 10.0 Å². The summed E-state index contributed by atoms with van der Waals surface area (Å²) in [6.45, 7) is -0.807. The van der Waals surface area contributed by atoms with Gasteiger partial charge in [-0.1, -0.05) is 0 Å². The lowest BCUT2D eigenvalue weighted by molar-refractivity contribution is 0.0988. The average Bonchev–Trinajstić information content (AvgIpc) is 2.55. The maximum atomic E-state index is 11.6. The lowest BCUT2D eigenvalue weighted by Gasteiger charge is -2.08. The number of aliphatic hydroxyl groups excluding tert-OH is 2. The van der Waals surface area contributed by atoms with Crippen molar-refractivity contribution < 1.29 is 18.6 Å². The zero-order valence-electron chi connectivity index (χ0n) is 8.66. The van der Waals surface area contributed by atoms with Crippen LogP contribution >= 0.6 is 0 Å². The second-order valence-electron chi connectivity index (χ2n) is 3.24. The first-order valence-electron chi connectivity index (χ1n) is 4.44. The highest BCUT2D eigenvalue weighted by atomic mass is 32.2. The number of hydrogen-bond donors (Lipinski definition) is 4. The first kappa shape index (κ1) is 12.9. The molecule has 0 spiro atoms. The first-order chi connectivity index (χ1) is 7.36. The van der Waals surface area contributed by atoms with Crippen molar-refractivity contribution in [3.05, 3.63) is 6.20 Å². The van der Waals surface area contributed by atoms with Gasteiger partial charge < -0.3 is 15.9 Å². The fraction of sp³-hybridized carbons (Fsp3) is 0.571. The topological polar surface area (TPSA) is 130 Å². The van der Waals surface area contributed by atoms with Crippen molar-refractivity contribution in [1.82, 2.24) is 14.5 Å². The van der Waals surface area contributed by atoms with Gasteiger partial charge in [-0.25, -0.2) is 13.1 Å². The van der Waals surface area contributed by atoms with E-state index in [4.69, 9.17) is 15.9 Å². The average molecular weight is 250 g/mol. The Balaban J connectivity index is 2.82. The molecule has 1 unspecified atom stereocenters. The van der Waals surface area contributed by atoms with Gasteiger partial charge in [-0.05, 0) is 0 Å². The monoisotopic (exact) mass is 250 g/mol. The number of rotatable bonds is 5. The van der Waals surface area contributed by atoms with Crippen LogP contribution in [0.25, 0.3) is 0 Å². The predicted molar refractivity (Wildman–Crippen MR) is 55.9 cm³/mol. The quantitative estimate of drug-likeness (QED) is 0.462. The second-order valence-corrected chi connectivity index (χ2v) is 4.98. The number of aryl methyl sites for hydroxylation is 1. The summed E-state index contributed by atoms with van der Waals surface area (Å²) >= 11 is 0. The van der Waals surface area contributed by atoms with Crippen molar-refractivity contribution in [3.8, 4) is 0 Å². The molecular formula is C7H14N4O4S. The Kier molecular flexibility index (Phi) is 3.86. The number of aliphatic hydroxyl groups is 2. The van der Waals surface area contributed by atoms with Gasteiger partial charge in [-0.3, -0.25) is 4.68 Å². The third kappa shape index (κ3) is 2.92. The molecule has 1 rings (SSSR count). The predicted octanol–water partition coefficient (Wildman–Crippen LogP) is -2.37. The molecule has 1 aromatic rings. The summed E-state index contributed by atoms with van der Waals surface area (Å²) in [5.41, 5.74) is 5.40. The van der Waals surface area contributed by atoms with E-state index in [1.807, 2.05) is 0 Å². The molecule has 0 saturated heterocycles. The van der Waals surface area contributed by atoms with Crippen LogP contribution in [0.5, 0.6) is 0 Å². The third-order valence-corrected chi connectivity index (χ3v) is 3.27. The number of anilines is 1. The Morgan fingerprint density at radius 2 is 2.31 bits per heavy atom. The maximum absolute atomic E-state index is 11.6. The molecule has 0 saturated carbocycles. The summed E-state index contributed by atoms with van der Waals surface area (Å²) in [6, 6.07) is 0. The van der Waals surface area contributed by atoms with Crippen LogP contribution in [0.2, 0.25) is 0 Å². The molecule has 0 fully saturated rings. The first-order valence-corrected chi connectivity index (χ1v) is 5.93.